The van der Waals surface area contributed by atoms with E-state index >= 15 is 0 Å². The van der Waals surface area contributed by atoms with Crippen molar-refractivity contribution in [3.05, 3.63) is 23.8 Å². The number of nitrogens with zero attached hydrogens (tertiary/aromatic N) is 2. The zero-order chi connectivity index (χ0) is 16.6. The van der Waals surface area contributed by atoms with E-state index in [2.05, 4.69) is 4.90 Å². The van der Waals surface area contributed by atoms with Gasteiger partial charge in [0.2, 0.25) is 10.0 Å². The van der Waals surface area contributed by atoms with E-state index in [0.29, 0.717) is 23.7 Å². The van der Waals surface area contributed by atoms with Gasteiger partial charge >= 0.3 is 0 Å². The summed E-state index contributed by atoms with van der Waals surface area (Å²) in [6, 6.07) is 5.15. The Morgan fingerprint density at radius 1 is 1.30 bits per heavy atom. The van der Waals surface area contributed by atoms with Gasteiger partial charge in [-0.3, -0.25) is 4.90 Å². The van der Waals surface area contributed by atoms with E-state index in [9.17, 15) is 8.42 Å². The average Bonchev–Trinajstić information content (AvgIpc) is 2.54. The second kappa shape index (κ2) is 6.39. The second-order valence-electron chi connectivity index (χ2n) is 6.24. The van der Waals surface area contributed by atoms with Gasteiger partial charge in [-0.1, -0.05) is 0 Å². The van der Waals surface area contributed by atoms with Crippen molar-refractivity contribution >= 4 is 10.0 Å². The maximum Gasteiger partial charge on any atom is 0.243 e. The lowest BCUT2D eigenvalue weighted by atomic mass is 10.0. The molecule has 2 aliphatic heterocycles. The van der Waals surface area contributed by atoms with E-state index < -0.39 is 10.0 Å². The van der Waals surface area contributed by atoms with Crippen molar-refractivity contribution in [3.63, 3.8) is 0 Å². The second-order valence-corrected chi connectivity index (χ2v) is 8.18. The Kier molecular flexibility index (Phi) is 4.64. The summed E-state index contributed by atoms with van der Waals surface area (Å²) in [4.78, 5) is 2.53. The first-order valence-electron chi connectivity index (χ1n) is 7.90. The van der Waals surface area contributed by atoms with Crippen LogP contribution in [0.25, 0.3) is 0 Å². The molecule has 2 aliphatic rings. The number of hydrogen-bond donors (Lipinski definition) is 0. The van der Waals surface area contributed by atoms with Crippen LogP contribution >= 0.6 is 0 Å². The first-order chi connectivity index (χ1) is 10.9. The molecule has 0 N–H and O–H groups in total. The number of morpholine rings is 1. The standard InChI is InChI=1S/C16H24N2O4S/c1-12-10-13(4-5-15(12)21-3)23(19,20)18-7-6-16-14(11-18)17(2)8-9-22-16/h4-5,10,14,16H,6-9,11H2,1-3H3/t14-,16-/m1/s1. The lowest BCUT2D eigenvalue weighted by Gasteiger charge is -2.45. The Morgan fingerprint density at radius 3 is 2.78 bits per heavy atom. The summed E-state index contributed by atoms with van der Waals surface area (Å²) in [5, 5.41) is 0. The Bertz CT molecular complexity index is 677. The van der Waals surface area contributed by atoms with E-state index in [-0.39, 0.29) is 12.1 Å². The molecular weight excluding hydrogens is 316 g/mol. The summed E-state index contributed by atoms with van der Waals surface area (Å²) >= 11 is 0. The highest BCUT2D eigenvalue weighted by atomic mass is 32.2. The number of fused-ring (bicyclic) bond motifs is 1. The van der Waals surface area contributed by atoms with Crippen LogP contribution in [0, 0.1) is 6.92 Å². The van der Waals surface area contributed by atoms with Crippen LogP contribution < -0.4 is 4.74 Å². The maximum absolute atomic E-state index is 12.9. The van der Waals surface area contributed by atoms with Gasteiger partial charge in [0.15, 0.2) is 0 Å². The molecule has 1 aromatic rings. The number of aryl methyl sites for hydroxylation is 1. The molecule has 6 nitrogen and oxygen atoms in total. The molecule has 7 heteroatoms. The molecule has 0 aromatic heterocycles. The van der Waals surface area contributed by atoms with Crippen LogP contribution in [-0.2, 0) is 14.8 Å². The summed E-state index contributed by atoms with van der Waals surface area (Å²) in [6.45, 7) is 4.41. The van der Waals surface area contributed by atoms with Crippen LogP contribution in [0.1, 0.15) is 12.0 Å². The third-order valence-corrected chi connectivity index (χ3v) is 6.69. The number of ether oxygens (including phenoxy) is 2. The third kappa shape index (κ3) is 3.10. The van der Waals surface area contributed by atoms with Crippen LogP contribution in [0.15, 0.2) is 23.1 Å². The molecule has 2 atom stereocenters. The fraction of sp³-hybridized carbons (Fsp3) is 0.625. The van der Waals surface area contributed by atoms with Crippen molar-refractivity contribution in [2.45, 2.75) is 30.4 Å². The third-order valence-electron chi connectivity index (χ3n) is 4.83. The van der Waals surface area contributed by atoms with E-state index in [1.807, 2.05) is 14.0 Å². The number of benzene rings is 1. The minimum Gasteiger partial charge on any atom is -0.496 e. The van der Waals surface area contributed by atoms with Crippen LogP contribution in [0.4, 0.5) is 0 Å². The Morgan fingerprint density at radius 2 is 2.09 bits per heavy atom. The lowest BCUT2D eigenvalue weighted by Crippen LogP contribution is -2.59. The molecule has 0 radical (unpaired) electrons. The van der Waals surface area contributed by atoms with Gasteiger partial charge in [-0.25, -0.2) is 8.42 Å². The first kappa shape index (κ1) is 16.7. The van der Waals surface area contributed by atoms with Gasteiger partial charge in [-0.05, 0) is 44.2 Å². The predicted molar refractivity (Wildman–Crippen MR) is 87.3 cm³/mol. The summed E-state index contributed by atoms with van der Waals surface area (Å²) in [5.41, 5.74) is 0.821. The van der Waals surface area contributed by atoms with Crippen molar-refractivity contribution in [1.29, 1.82) is 0 Å². The normalized spacial score (nSPS) is 26.7. The topological polar surface area (TPSA) is 59.1 Å². The molecule has 0 bridgehead atoms. The van der Waals surface area contributed by atoms with Gasteiger partial charge in [0.05, 0.1) is 24.7 Å². The Balaban J connectivity index is 1.84. The minimum absolute atomic E-state index is 0.131. The van der Waals surface area contributed by atoms with Gasteiger partial charge in [0, 0.05) is 25.7 Å². The smallest absolute Gasteiger partial charge is 0.243 e. The van der Waals surface area contributed by atoms with Gasteiger partial charge < -0.3 is 9.47 Å². The van der Waals surface area contributed by atoms with Crippen molar-refractivity contribution in [3.8, 4) is 5.75 Å². The quantitative estimate of drug-likeness (QED) is 0.825. The zero-order valence-electron chi connectivity index (χ0n) is 13.9. The summed E-state index contributed by atoms with van der Waals surface area (Å²) in [6.07, 6.45) is 0.876. The molecule has 0 aliphatic carbocycles. The number of piperidine rings is 1. The van der Waals surface area contributed by atoms with Crippen LogP contribution in [0.2, 0.25) is 0 Å². The number of rotatable bonds is 3. The van der Waals surface area contributed by atoms with Crippen molar-refractivity contribution in [2.75, 3.05) is 40.4 Å². The van der Waals surface area contributed by atoms with Crippen molar-refractivity contribution in [2.24, 2.45) is 0 Å². The van der Waals surface area contributed by atoms with E-state index in [0.717, 1.165) is 25.1 Å². The number of hydrogen-bond acceptors (Lipinski definition) is 5. The molecular formula is C16H24N2O4S. The highest BCUT2D eigenvalue weighted by molar-refractivity contribution is 7.89. The summed E-state index contributed by atoms with van der Waals surface area (Å²) in [7, 11) is 0.131. The summed E-state index contributed by atoms with van der Waals surface area (Å²) in [5.74, 6) is 0.697. The molecule has 0 spiro atoms. The molecule has 0 unspecified atom stereocenters. The fourth-order valence-electron chi connectivity index (χ4n) is 3.39. The minimum atomic E-state index is -3.49. The average molecular weight is 340 g/mol. The molecule has 128 valence electrons. The predicted octanol–water partition coefficient (Wildman–Crippen LogP) is 1.10. The van der Waals surface area contributed by atoms with Gasteiger partial charge in [0.1, 0.15) is 5.75 Å². The van der Waals surface area contributed by atoms with Gasteiger partial charge in [0.25, 0.3) is 0 Å². The molecule has 2 heterocycles. The lowest BCUT2D eigenvalue weighted by molar-refractivity contribution is -0.0840. The molecule has 23 heavy (non-hydrogen) atoms. The number of likely N-dealkylation sites (N-methyl/N-ethyl adjacent to an activating group) is 1. The molecule has 2 fully saturated rings. The highest BCUT2D eigenvalue weighted by Crippen LogP contribution is 2.28. The molecule has 2 saturated heterocycles. The van der Waals surface area contributed by atoms with Gasteiger partial charge in [-0.15, -0.1) is 0 Å². The van der Waals surface area contributed by atoms with Gasteiger partial charge in [-0.2, -0.15) is 4.31 Å². The molecule has 3 rings (SSSR count). The fourth-order valence-corrected chi connectivity index (χ4v) is 4.95. The monoisotopic (exact) mass is 340 g/mol. The first-order valence-corrected chi connectivity index (χ1v) is 9.34. The Labute approximate surface area is 138 Å². The van der Waals surface area contributed by atoms with Crippen LogP contribution in [0.3, 0.4) is 0 Å². The molecule has 1 aromatic carbocycles. The maximum atomic E-state index is 12.9. The Hall–Kier alpha value is -1.15. The zero-order valence-corrected chi connectivity index (χ0v) is 14.7. The van der Waals surface area contributed by atoms with Crippen LogP contribution in [0.5, 0.6) is 5.75 Å². The van der Waals surface area contributed by atoms with Crippen molar-refractivity contribution in [1.82, 2.24) is 9.21 Å². The highest BCUT2D eigenvalue weighted by Gasteiger charge is 2.39. The largest absolute Gasteiger partial charge is 0.496 e. The van der Waals surface area contributed by atoms with Crippen molar-refractivity contribution < 1.29 is 17.9 Å². The van der Waals surface area contributed by atoms with E-state index in [1.54, 1.807) is 29.6 Å². The SMILES string of the molecule is COc1ccc(S(=O)(=O)N2CC[C@H]3OCCN(C)[C@@H]3C2)cc1C. The molecule has 0 saturated carbocycles. The van der Waals surface area contributed by atoms with E-state index in [1.165, 1.54) is 0 Å². The van der Waals surface area contributed by atoms with Crippen LogP contribution in [-0.4, -0.2) is 70.2 Å². The number of methoxy groups -OCH3 is 1. The summed E-state index contributed by atoms with van der Waals surface area (Å²) < 4.78 is 38.5. The number of sulfonamides is 1. The van der Waals surface area contributed by atoms with E-state index in [4.69, 9.17) is 9.47 Å². The molecule has 0 amide bonds.